The number of likely N-dealkylation sites (tertiary alicyclic amines) is 1. The molecule has 0 aromatic heterocycles. The maximum atomic E-state index is 13.9. The zero-order chi connectivity index (χ0) is 36.4. The van der Waals surface area contributed by atoms with E-state index in [1.165, 1.54) is 0 Å². The number of hydrogen-bond acceptors (Lipinski definition) is 7. The molecule has 1 unspecified atom stereocenters. The van der Waals surface area contributed by atoms with E-state index in [0.29, 0.717) is 38.6 Å². The Hall–Kier alpha value is -3.29. The molecule has 0 bridgehead atoms. The number of amides is 1. The van der Waals surface area contributed by atoms with Crippen molar-refractivity contribution in [2.24, 2.45) is 28.6 Å². The summed E-state index contributed by atoms with van der Waals surface area (Å²) < 4.78 is 0. The van der Waals surface area contributed by atoms with Gasteiger partial charge in [0.05, 0.1) is 6.04 Å². The number of Topliss-reactive ketones (excluding diaryl/α,β-unsaturated/α-hetero) is 6. The number of carbonyl (C=O) groups excluding carboxylic acids is 7. The molecule has 1 amide bonds. The Labute approximate surface area is 288 Å². The molecule has 2 rings (SSSR count). The molecule has 1 aromatic carbocycles. The summed E-state index contributed by atoms with van der Waals surface area (Å²) in [5, 5.41) is 0. The Balaban J connectivity index is 2.09. The van der Waals surface area contributed by atoms with Crippen molar-refractivity contribution >= 4 is 40.6 Å². The molecule has 0 saturated carbocycles. The summed E-state index contributed by atoms with van der Waals surface area (Å²) in [5.41, 5.74) is 0.0601. The first-order chi connectivity index (χ1) is 22.3. The van der Waals surface area contributed by atoms with Crippen molar-refractivity contribution in [3.8, 4) is 0 Å². The van der Waals surface area contributed by atoms with Gasteiger partial charge < -0.3 is 4.90 Å². The third-order valence-electron chi connectivity index (χ3n) is 9.32. The molecular weight excluding hydrogens is 606 g/mol. The van der Waals surface area contributed by atoms with Crippen LogP contribution in [0.3, 0.4) is 0 Å². The van der Waals surface area contributed by atoms with Gasteiger partial charge >= 0.3 is 0 Å². The van der Waals surface area contributed by atoms with Crippen LogP contribution in [0.5, 0.6) is 0 Å². The highest BCUT2D eigenvalue weighted by atomic mass is 16.2. The molecule has 1 aliphatic rings. The van der Waals surface area contributed by atoms with Crippen molar-refractivity contribution in [1.82, 2.24) is 4.90 Å². The standard InChI is InChI=1S/C40H59NO7/c1-10-15-28(37(47)34(44)20-19-29(42)23-31(36(46)26(2)3)27-16-12-11-13-17-27)22-35(45)33-18-14-21-41(33)38(48)32(40(7,8)9)24-30(43)25-39(4,5)6/h11-13,16-17,26,28,31-33H,10,14-15,18-25H2,1-9H3/t28?,31-,32+,33-/m0/s1. The second-order valence-corrected chi connectivity index (χ2v) is 16.3. The Morgan fingerprint density at radius 1 is 0.833 bits per heavy atom. The molecule has 0 spiro atoms. The fraction of sp³-hybridized carbons (Fsp3) is 0.675. The highest BCUT2D eigenvalue weighted by Gasteiger charge is 2.43. The van der Waals surface area contributed by atoms with Crippen LogP contribution in [0.2, 0.25) is 0 Å². The van der Waals surface area contributed by atoms with E-state index in [0.717, 1.165) is 5.56 Å². The van der Waals surface area contributed by atoms with Crippen LogP contribution in [0, 0.1) is 28.6 Å². The van der Waals surface area contributed by atoms with Gasteiger partial charge in [-0.2, -0.15) is 0 Å². The molecule has 1 fully saturated rings. The summed E-state index contributed by atoms with van der Waals surface area (Å²) >= 11 is 0. The molecule has 48 heavy (non-hydrogen) atoms. The van der Waals surface area contributed by atoms with Gasteiger partial charge in [0.2, 0.25) is 11.7 Å². The van der Waals surface area contributed by atoms with Crippen LogP contribution in [-0.2, 0) is 33.6 Å². The average molecular weight is 666 g/mol. The van der Waals surface area contributed by atoms with Crippen molar-refractivity contribution in [2.45, 2.75) is 138 Å². The minimum absolute atomic E-state index is 0.0190. The quantitative estimate of drug-likeness (QED) is 0.142. The minimum Gasteiger partial charge on any atom is -0.332 e. The normalized spacial score (nSPS) is 17.1. The van der Waals surface area contributed by atoms with Gasteiger partial charge in [0.25, 0.3) is 0 Å². The van der Waals surface area contributed by atoms with Gasteiger partial charge in [-0.3, -0.25) is 33.6 Å². The van der Waals surface area contributed by atoms with Gasteiger partial charge in [0, 0.05) is 68.7 Å². The minimum atomic E-state index is -0.825. The number of rotatable bonds is 19. The van der Waals surface area contributed by atoms with E-state index >= 15 is 0 Å². The lowest BCUT2D eigenvalue weighted by molar-refractivity contribution is -0.146. The summed E-state index contributed by atoms with van der Waals surface area (Å²) in [6.07, 6.45) is 1.91. The number of hydrogen-bond donors (Lipinski definition) is 0. The average Bonchev–Trinajstić information content (AvgIpc) is 3.49. The second kappa shape index (κ2) is 17.9. The maximum absolute atomic E-state index is 13.9. The van der Waals surface area contributed by atoms with Crippen molar-refractivity contribution in [3.63, 3.8) is 0 Å². The van der Waals surface area contributed by atoms with Crippen molar-refractivity contribution in [2.75, 3.05) is 6.54 Å². The maximum Gasteiger partial charge on any atom is 0.227 e. The van der Waals surface area contributed by atoms with E-state index in [1.54, 1.807) is 18.7 Å². The molecule has 1 aliphatic heterocycles. The smallest absolute Gasteiger partial charge is 0.227 e. The zero-order valence-electron chi connectivity index (χ0n) is 30.9. The van der Waals surface area contributed by atoms with Gasteiger partial charge in [-0.15, -0.1) is 0 Å². The summed E-state index contributed by atoms with van der Waals surface area (Å²) in [6.45, 7) is 17.6. The van der Waals surface area contributed by atoms with E-state index in [-0.39, 0.29) is 72.5 Å². The number of nitrogens with zero attached hydrogens (tertiary/aromatic N) is 1. The SMILES string of the molecule is CCCC(CC(=O)[C@@H]1CCCN1C(=O)[C@@H](CC(=O)CC(C)(C)C)C(C)(C)C)C(=O)C(=O)CCC(=O)C[C@H](C(=O)C(C)C)c1ccccc1. The highest BCUT2D eigenvalue weighted by molar-refractivity contribution is 6.38. The summed E-state index contributed by atoms with van der Waals surface area (Å²) in [5.74, 6) is -4.38. The number of carbonyl (C=O) groups is 7. The van der Waals surface area contributed by atoms with Crippen LogP contribution >= 0.6 is 0 Å². The van der Waals surface area contributed by atoms with E-state index < -0.39 is 40.8 Å². The lowest BCUT2D eigenvalue weighted by atomic mass is 9.75. The largest absolute Gasteiger partial charge is 0.332 e. The van der Waals surface area contributed by atoms with Crippen LogP contribution in [0.15, 0.2) is 30.3 Å². The van der Waals surface area contributed by atoms with Crippen LogP contribution in [0.1, 0.15) is 138 Å². The van der Waals surface area contributed by atoms with Gasteiger partial charge in [0.1, 0.15) is 17.3 Å². The first-order valence-electron chi connectivity index (χ1n) is 17.8. The molecule has 4 atom stereocenters. The van der Waals surface area contributed by atoms with Crippen LogP contribution in [-0.4, -0.2) is 58.1 Å². The molecule has 8 nitrogen and oxygen atoms in total. The monoisotopic (exact) mass is 665 g/mol. The molecule has 0 N–H and O–H groups in total. The van der Waals surface area contributed by atoms with E-state index in [9.17, 15) is 33.6 Å². The summed E-state index contributed by atoms with van der Waals surface area (Å²) in [7, 11) is 0. The first kappa shape index (κ1) is 40.9. The van der Waals surface area contributed by atoms with Crippen LogP contribution in [0.25, 0.3) is 0 Å². The van der Waals surface area contributed by atoms with E-state index in [4.69, 9.17) is 0 Å². The fourth-order valence-corrected chi connectivity index (χ4v) is 6.68. The number of ketones is 6. The van der Waals surface area contributed by atoms with Gasteiger partial charge in [-0.05, 0) is 35.7 Å². The second-order valence-electron chi connectivity index (χ2n) is 16.3. The van der Waals surface area contributed by atoms with Crippen molar-refractivity contribution in [1.29, 1.82) is 0 Å². The third kappa shape index (κ3) is 12.3. The fourth-order valence-electron chi connectivity index (χ4n) is 6.68. The van der Waals surface area contributed by atoms with Gasteiger partial charge in [-0.1, -0.05) is 99.1 Å². The van der Waals surface area contributed by atoms with Crippen molar-refractivity contribution in [3.05, 3.63) is 35.9 Å². The van der Waals surface area contributed by atoms with Gasteiger partial charge in [0.15, 0.2) is 11.6 Å². The van der Waals surface area contributed by atoms with E-state index in [1.807, 2.05) is 78.8 Å². The van der Waals surface area contributed by atoms with Crippen LogP contribution < -0.4 is 0 Å². The Kier molecular flexibility index (Phi) is 15.3. The van der Waals surface area contributed by atoms with Crippen LogP contribution in [0.4, 0.5) is 0 Å². The predicted molar refractivity (Wildman–Crippen MR) is 187 cm³/mol. The summed E-state index contributed by atoms with van der Waals surface area (Å²) in [6, 6.07) is 8.40. The molecule has 1 heterocycles. The Bertz CT molecular complexity index is 1320. The van der Waals surface area contributed by atoms with Crippen molar-refractivity contribution < 1.29 is 33.6 Å². The van der Waals surface area contributed by atoms with E-state index in [2.05, 4.69) is 0 Å². The lowest BCUT2D eigenvalue weighted by Gasteiger charge is -2.35. The Morgan fingerprint density at radius 2 is 1.46 bits per heavy atom. The van der Waals surface area contributed by atoms with Gasteiger partial charge in [-0.25, -0.2) is 0 Å². The summed E-state index contributed by atoms with van der Waals surface area (Å²) in [4.78, 5) is 94.4. The topological polar surface area (TPSA) is 123 Å². The highest BCUT2D eigenvalue weighted by Crippen LogP contribution is 2.35. The first-order valence-corrected chi connectivity index (χ1v) is 17.8. The molecular formula is C40H59NO7. The Morgan fingerprint density at radius 3 is 2.00 bits per heavy atom. The molecule has 0 aliphatic carbocycles. The molecule has 266 valence electrons. The predicted octanol–water partition coefficient (Wildman–Crippen LogP) is 7.30. The zero-order valence-corrected chi connectivity index (χ0v) is 30.9. The molecule has 0 radical (unpaired) electrons. The third-order valence-corrected chi connectivity index (χ3v) is 9.32. The number of benzene rings is 1. The molecule has 1 saturated heterocycles. The lowest BCUT2D eigenvalue weighted by Crippen LogP contribution is -2.47. The molecule has 8 heteroatoms. The molecule has 1 aromatic rings.